The van der Waals surface area contributed by atoms with Crippen LogP contribution in [0.25, 0.3) is 11.5 Å². The van der Waals surface area contributed by atoms with Gasteiger partial charge in [0, 0.05) is 19.8 Å². The van der Waals surface area contributed by atoms with Crippen LogP contribution in [0.1, 0.15) is 0 Å². The highest BCUT2D eigenvalue weighted by Gasteiger charge is 2.10. The summed E-state index contributed by atoms with van der Waals surface area (Å²) in [6.07, 6.45) is 1.84. The minimum Gasteiger partial charge on any atom is -0.329 e. The Hall–Kier alpha value is -1.76. The molecule has 0 spiro atoms. The van der Waals surface area contributed by atoms with Gasteiger partial charge in [0.15, 0.2) is 0 Å². The Bertz CT molecular complexity index is 415. The highest BCUT2D eigenvalue weighted by Crippen LogP contribution is 2.11. The summed E-state index contributed by atoms with van der Waals surface area (Å²) in [5.74, 6) is 0.649. The number of nitrogens with two attached hydrogens (primary N) is 1. The van der Waals surface area contributed by atoms with E-state index in [9.17, 15) is 0 Å². The topological polar surface area (TPSA) is 87.4 Å². The molecule has 0 radical (unpaired) electrons. The van der Waals surface area contributed by atoms with Crippen molar-refractivity contribution < 1.29 is 0 Å². The van der Waals surface area contributed by atoms with Gasteiger partial charge in [-0.2, -0.15) is 5.10 Å². The molecule has 2 aromatic heterocycles. The summed E-state index contributed by atoms with van der Waals surface area (Å²) in [6.45, 7) is 1.10. The SMILES string of the molecule is Cn1ccc(-c2nnnn2CCN)n1. The molecule has 0 unspecified atom stereocenters. The van der Waals surface area contributed by atoms with Crippen molar-refractivity contribution in [3.05, 3.63) is 12.3 Å². The molecule has 0 aliphatic rings. The van der Waals surface area contributed by atoms with E-state index in [2.05, 4.69) is 20.6 Å². The zero-order valence-corrected chi connectivity index (χ0v) is 7.83. The predicted molar refractivity (Wildman–Crippen MR) is 49.1 cm³/mol. The molecule has 7 nitrogen and oxygen atoms in total. The van der Waals surface area contributed by atoms with E-state index in [0.29, 0.717) is 18.9 Å². The molecular weight excluding hydrogens is 182 g/mol. The molecule has 7 heteroatoms. The molecule has 2 rings (SSSR count). The van der Waals surface area contributed by atoms with Crippen LogP contribution in [0.4, 0.5) is 0 Å². The Labute approximate surface area is 80.5 Å². The van der Waals surface area contributed by atoms with E-state index < -0.39 is 0 Å². The quantitative estimate of drug-likeness (QED) is 0.677. The number of rotatable bonds is 3. The lowest BCUT2D eigenvalue weighted by molar-refractivity contribution is 0.601. The Morgan fingerprint density at radius 1 is 1.50 bits per heavy atom. The summed E-state index contributed by atoms with van der Waals surface area (Å²) in [6, 6.07) is 1.86. The molecule has 0 aromatic carbocycles. The maximum absolute atomic E-state index is 5.43. The van der Waals surface area contributed by atoms with Gasteiger partial charge in [0.1, 0.15) is 5.69 Å². The first-order valence-corrected chi connectivity index (χ1v) is 4.27. The van der Waals surface area contributed by atoms with Gasteiger partial charge >= 0.3 is 0 Å². The Balaban J connectivity index is 2.36. The monoisotopic (exact) mass is 193 g/mol. The first-order chi connectivity index (χ1) is 6.81. The first-order valence-electron chi connectivity index (χ1n) is 4.27. The number of tetrazole rings is 1. The molecule has 0 atom stereocenters. The van der Waals surface area contributed by atoms with E-state index in [0.717, 1.165) is 5.69 Å². The lowest BCUT2D eigenvalue weighted by Crippen LogP contribution is -2.12. The normalized spacial score (nSPS) is 10.7. The highest BCUT2D eigenvalue weighted by molar-refractivity contribution is 5.46. The van der Waals surface area contributed by atoms with Crippen molar-refractivity contribution in [2.45, 2.75) is 6.54 Å². The van der Waals surface area contributed by atoms with Crippen molar-refractivity contribution in [3.8, 4) is 11.5 Å². The average Bonchev–Trinajstić information content (AvgIpc) is 2.74. The molecule has 2 N–H and O–H groups in total. The van der Waals surface area contributed by atoms with Crippen molar-refractivity contribution >= 4 is 0 Å². The molecule has 14 heavy (non-hydrogen) atoms. The van der Waals surface area contributed by atoms with Crippen LogP contribution in [0.2, 0.25) is 0 Å². The van der Waals surface area contributed by atoms with E-state index >= 15 is 0 Å². The van der Waals surface area contributed by atoms with E-state index in [1.54, 1.807) is 9.36 Å². The first kappa shape index (κ1) is 8.82. The van der Waals surface area contributed by atoms with E-state index in [4.69, 9.17) is 5.73 Å². The molecule has 74 valence electrons. The largest absolute Gasteiger partial charge is 0.329 e. The van der Waals surface area contributed by atoms with Crippen LogP contribution in [0.5, 0.6) is 0 Å². The molecule has 0 amide bonds. The Morgan fingerprint density at radius 3 is 3.00 bits per heavy atom. The second-order valence-electron chi connectivity index (χ2n) is 2.89. The molecule has 0 fully saturated rings. The summed E-state index contributed by atoms with van der Waals surface area (Å²) < 4.78 is 3.35. The number of hydrogen-bond donors (Lipinski definition) is 1. The maximum Gasteiger partial charge on any atom is 0.202 e. The van der Waals surface area contributed by atoms with Gasteiger partial charge in [0.05, 0.1) is 6.54 Å². The smallest absolute Gasteiger partial charge is 0.202 e. The lowest BCUT2D eigenvalue weighted by Gasteiger charge is -1.98. The van der Waals surface area contributed by atoms with Crippen LogP contribution in [0.15, 0.2) is 12.3 Å². The van der Waals surface area contributed by atoms with Crippen LogP contribution in [-0.4, -0.2) is 36.5 Å². The fourth-order valence-corrected chi connectivity index (χ4v) is 1.20. The van der Waals surface area contributed by atoms with Gasteiger partial charge in [-0.15, -0.1) is 5.10 Å². The summed E-state index contributed by atoms with van der Waals surface area (Å²) >= 11 is 0. The van der Waals surface area contributed by atoms with Gasteiger partial charge in [0.2, 0.25) is 5.82 Å². The molecule has 2 aromatic rings. The molecule has 0 bridgehead atoms. The number of aryl methyl sites for hydroxylation is 1. The Kier molecular flexibility index (Phi) is 2.23. The van der Waals surface area contributed by atoms with Crippen molar-refractivity contribution in [1.29, 1.82) is 0 Å². The van der Waals surface area contributed by atoms with Crippen molar-refractivity contribution in [1.82, 2.24) is 30.0 Å². The number of nitrogens with zero attached hydrogens (tertiary/aromatic N) is 6. The zero-order chi connectivity index (χ0) is 9.97. The predicted octanol–water partition coefficient (Wildman–Crippen LogP) is -0.968. The third-order valence-electron chi connectivity index (χ3n) is 1.82. The second kappa shape index (κ2) is 3.54. The second-order valence-corrected chi connectivity index (χ2v) is 2.89. The highest BCUT2D eigenvalue weighted by atomic mass is 15.5. The van der Waals surface area contributed by atoms with Crippen LogP contribution < -0.4 is 5.73 Å². The minimum atomic E-state index is 0.505. The van der Waals surface area contributed by atoms with Crippen molar-refractivity contribution in [2.24, 2.45) is 12.8 Å². The lowest BCUT2D eigenvalue weighted by atomic mass is 10.4. The fourth-order valence-electron chi connectivity index (χ4n) is 1.20. The zero-order valence-electron chi connectivity index (χ0n) is 7.83. The minimum absolute atomic E-state index is 0.505. The Morgan fingerprint density at radius 2 is 2.36 bits per heavy atom. The fraction of sp³-hybridized carbons (Fsp3) is 0.429. The van der Waals surface area contributed by atoms with Gasteiger partial charge in [-0.25, -0.2) is 4.68 Å². The molecule has 0 aliphatic carbocycles. The van der Waals surface area contributed by atoms with Gasteiger partial charge in [-0.1, -0.05) is 0 Å². The number of hydrogen-bond acceptors (Lipinski definition) is 5. The van der Waals surface area contributed by atoms with E-state index in [-0.39, 0.29) is 0 Å². The molecular formula is C7H11N7. The molecule has 2 heterocycles. The van der Waals surface area contributed by atoms with Crippen LogP contribution >= 0.6 is 0 Å². The third kappa shape index (κ3) is 1.49. The van der Waals surface area contributed by atoms with Gasteiger partial charge in [0.25, 0.3) is 0 Å². The summed E-state index contributed by atoms with van der Waals surface area (Å²) in [4.78, 5) is 0. The van der Waals surface area contributed by atoms with E-state index in [1.165, 1.54) is 0 Å². The number of aromatic nitrogens is 6. The third-order valence-corrected chi connectivity index (χ3v) is 1.82. The summed E-state index contributed by atoms with van der Waals surface area (Å²) in [5, 5.41) is 15.5. The van der Waals surface area contributed by atoms with Gasteiger partial charge < -0.3 is 5.73 Å². The maximum atomic E-state index is 5.43. The van der Waals surface area contributed by atoms with Crippen molar-refractivity contribution in [3.63, 3.8) is 0 Å². The summed E-state index contributed by atoms with van der Waals surface area (Å²) in [5.41, 5.74) is 6.19. The molecule has 0 saturated carbocycles. The summed E-state index contributed by atoms with van der Waals surface area (Å²) in [7, 11) is 1.85. The molecule has 0 saturated heterocycles. The van der Waals surface area contributed by atoms with Gasteiger partial charge in [-0.05, 0) is 16.5 Å². The van der Waals surface area contributed by atoms with Crippen LogP contribution in [0.3, 0.4) is 0 Å². The van der Waals surface area contributed by atoms with E-state index in [1.807, 2.05) is 19.3 Å². The standard InChI is InChI=1S/C7H11N7/c1-13-4-2-6(10-13)7-9-11-12-14(7)5-3-8/h2,4H,3,5,8H2,1H3. The van der Waals surface area contributed by atoms with Crippen molar-refractivity contribution in [2.75, 3.05) is 6.54 Å². The molecule has 0 aliphatic heterocycles. The van der Waals surface area contributed by atoms with Crippen LogP contribution in [0, 0.1) is 0 Å². The van der Waals surface area contributed by atoms with Gasteiger partial charge in [-0.3, -0.25) is 4.68 Å². The van der Waals surface area contributed by atoms with Crippen LogP contribution in [-0.2, 0) is 13.6 Å². The average molecular weight is 193 g/mol.